The molecule has 0 bridgehead atoms. The van der Waals surface area contributed by atoms with Crippen molar-refractivity contribution in [1.82, 2.24) is 0 Å². The molecule has 0 amide bonds. The van der Waals surface area contributed by atoms with Crippen molar-refractivity contribution in [1.29, 1.82) is 0 Å². The van der Waals surface area contributed by atoms with E-state index in [4.69, 9.17) is 16.3 Å². The van der Waals surface area contributed by atoms with E-state index in [1.54, 1.807) is 19.1 Å². The normalized spacial score (nSPS) is 13.4. The monoisotopic (exact) mass is 298 g/mol. The molecule has 19 heavy (non-hydrogen) atoms. The van der Waals surface area contributed by atoms with E-state index in [0.29, 0.717) is 16.3 Å². The second-order valence-electron chi connectivity index (χ2n) is 3.87. The van der Waals surface area contributed by atoms with Gasteiger partial charge in [-0.05, 0) is 25.1 Å². The van der Waals surface area contributed by atoms with Crippen LogP contribution in [0.1, 0.15) is 18.6 Å². The topological polar surface area (TPSA) is 38.7 Å². The number of rotatable bonds is 6. The third kappa shape index (κ3) is 6.13. The van der Waals surface area contributed by atoms with Crippen LogP contribution in [0.2, 0.25) is 5.02 Å². The molecule has 0 saturated heterocycles. The van der Waals surface area contributed by atoms with E-state index in [0.717, 1.165) is 0 Å². The molecule has 1 aromatic rings. The van der Waals surface area contributed by atoms with E-state index in [1.165, 1.54) is 6.07 Å². The maximum Gasteiger partial charge on any atom is 0.411 e. The molecule has 0 radical (unpaired) electrons. The molecular weight excluding hydrogens is 285 g/mol. The molecule has 0 saturated carbocycles. The first-order valence-electron chi connectivity index (χ1n) is 5.54. The summed E-state index contributed by atoms with van der Waals surface area (Å²) in [6.07, 6.45) is -5.13. The maximum absolute atomic E-state index is 11.8. The highest BCUT2D eigenvalue weighted by molar-refractivity contribution is 6.30. The van der Waals surface area contributed by atoms with Gasteiger partial charge in [-0.15, -0.1) is 0 Å². The van der Waals surface area contributed by atoms with Crippen LogP contribution in [0.25, 0.3) is 0 Å². The predicted octanol–water partition coefficient (Wildman–Crippen LogP) is 3.35. The van der Waals surface area contributed by atoms with Crippen molar-refractivity contribution in [3.05, 3.63) is 28.8 Å². The Labute approximate surface area is 113 Å². The Morgan fingerprint density at radius 2 is 2.00 bits per heavy atom. The van der Waals surface area contributed by atoms with Gasteiger partial charge in [-0.2, -0.15) is 13.2 Å². The standard InChI is InChI=1S/C12H14ClF3O3/c1-8(17)10-6-9(13)2-3-11(10)19-5-4-18-7-12(14,15)16/h2-3,6,8,17H,4-5,7H2,1H3/t8-/m0/s1. The minimum Gasteiger partial charge on any atom is -0.491 e. The van der Waals surface area contributed by atoms with Gasteiger partial charge in [-0.3, -0.25) is 0 Å². The lowest BCUT2D eigenvalue weighted by Gasteiger charge is -2.14. The zero-order valence-corrected chi connectivity index (χ0v) is 11.0. The zero-order chi connectivity index (χ0) is 14.5. The molecule has 1 N–H and O–H groups in total. The number of aliphatic hydroxyl groups excluding tert-OH is 1. The van der Waals surface area contributed by atoms with Crippen molar-refractivity contribution in [2.24, 2.45) is 0 Å². The van der Waals surface area contributed by atoms with Crippen molar-refractivity contribution >= 4 is 11.6 Å². The van der Waals surface area contributed by atoms with Gasteiger partial charge in [0.2, 0.25) is 0 Å². The second-order valence-corrected chi connectivity index (χ2v) is 4.31. The van der Waals surface area contributed by atoms with E-state index >= 15 is 0 Å². The quantitative estimate of drug-likeness (QED) is 0.819. The summed E-state index contributed by atoms with van der Waals surface area (Å²) in [7, 11) is 0. The highest BCUT2D eigenvalue weighted by Crippen LogP contribution is 2.28. The number of ether oxygens (including phenoxy) is 2. The van der Waals surface area contributed by atoms with Gasteiger partial charge in [0.1, 0.15) is 19.0 Å². The Bertz CT molecular complexity index is 408. The molecule has 7 heteroatoms. The molecular formula is C12H14ClF3O3. The van der Waals surface area contributed by atoms with Crippen LogP contribution >= 0.6 is 11.6 Å². The molecule has 1 atom stereocenters. The lowest BCUT2D eigenvalue weighted by Crippen LogP contribution is -2.19. The van der Waals surface area contributed by atoms with Gasteiger partial charge < -0.3 is 14.6 Å². The van der Waals surface area contributed by atoms with E-state index in [1.807, 2.05) is 0 Å². The zero-order valence-electron chi connectivity index (χ0n) is 10.2. The first-order chi connectivity index (χ1) is 8.79. The molecule has 0 aromatic heterocycles. The van der Waals surface area contributed by atoms with Gasteiger partial charge in [0.25, 0.3) is 0 Å². The van der Waals surface area contributed by atoms with E-state index in [-0.39, 0.29) is 13.2 Å². The molecule has 0 spiro atoms. The van der Waals surface area contributed by atoms with Gasteiger partial charge in [0, 0.05) is 10.6 Å². The van der Waals surface area contributed by atoms with Gasteiger partial charge in [0.05, 0.1) is 12.7 Å². The Morgan fingerprint density at radius 1 is 1.32 bits per heavy atom. The lowest BCUT2D eigenvalue weighted by molar-refractivity contribution is -0.175. The van der Waals surface area contributed by atoms with E-state index in [2.05, 4.69) is 4.74 Å². The molecule has 0 aliphatic heterocycles. The number of benzene rings is 1. The third-order valence-corrected chi connectivity index (χ3v) is 2.41. The molecule has 1 aromatic carbocycles. The second kappa shape index (κ2) is 6.98. The molecule has 0 fully saturated rings. The summed E-state index contributed by atoms with van der Waals surface area (Å²) in [5, 5.41) is 9.96. The van der Waals surface area contributed by atoms with Gasteiger partial charge in [-0.1, -0.05) is 11.6 Å². The van der Waals surface area contributed by atoms with Crippen LogP contribution in [0.5, 0.6) is 5.75 Å². The fourth-order valence-electron chi connectivity index (χ4n) is 1.38. The summed E-state index contributed by atoms with van der Waals surface area (Å²) >= 11 is 5.78. The summed E-state index contributed by atoms with van der Waals surface area (Å²) in [5.74, 6) is 0.370. The first kappa shape index (κ1) is 16.1. The van der Waals surface area contributed by atoms with Gasteiger partial charge in [0.15, 0.2) is 0 Å². The summed E-state index contributed by atoms with van der Waals surface area (Å²) < 4.78 is 45.1. The number of hydrogen-bond donors (Lipinski definition) is 1. The number of aliphatic hydroxyl groups is 1. The fourth-order valence-corrected chi connectivity index (χ4v) is 1.56. The molecule has 0 heterocycles. The van der Waals surface area contributed by atoms with Crippen LogP contribution in [-0.2, 0) is 4.74 Å². The molecule has 0 aliphatic rings. The van der Waals surface area contributed by atoms with Crippen molar-refractivity contribution in [3.8, 4) is 5.75 Å². The average Bonchev–Trinajstić information content (AvgIpc) is 2.28. The summed E-state index contributed by atoms with van der Waals surface area (Å²) in [4.78, 5) is 0. The minimum atomic E-state index is -4.34. The van der Waals surface area contributed by atoms with Crippen LogP contribution in [0, 0.1) is 0 Å². The van der Waals surface area contributed by atoms with Gasteiger partial charge in [-0.25, -0.2) is 0 Å². The number of hydrogen-bond acceptors (Lipinski definition) is 3. The van der Waals surface area contributed by atoms with E-state index in [9.17, 15) is 18.3 Å². The molecule has 108 valence electrons. The van der Waals surface area contributed by atoms with Crippen LogP contribution < -0.4 is 4.74 Å². The lowest BCUT2D eigenvalue weighted by atomic mass is 10.1. The predicted molar refractivity (Wildman–Crippen MR) is 64.5 cm³/mol. The van der Waals surface area contributed by atoms with E-state index < -0.39 is 18.9 Å². The molecule has 0 unspecified atom stereocenters. The summed E-state index contributed by atoms with van der Waals surface area (Å²) in [5.41, 5.74) is 0.475. The van der Waals surface area contributed by atoms with Crippen LogP contribution in [0.15, 0.2) is 18.2 Å². The highest BCUT2D eigenvalue weighted by atomic mass is 35.5. The first-order valence-corrected chi connectivity index (χ1v) is 5.92. The van der Waals surface area contributed by atoms with Crippen LogP contribution in [0.3, 0.4) is 0 Å². The maximum atomic E-state index is 11.8. The van der Waals surface area contributed by atoms with Crippen molar-refractivity contribution in [2.45, 2.75) is 19.2 Å². The summed E-state index contributed by atoms with van der Waals surface area (Å²) in [6, 6.07) is 4.66. The van der Waals surface area contributed by atoms with Crippen LogP contribution in [0.4, 0.5) is 13.2 Å². The smallest absolute Gasteiger partial charge is 0.411 e. The minimum absolute atomic E-state index is 0.0442. The fraction of sp³-hybridized carbons (Fsp3) is 0.500. The van der Waals surface area contributed by atoms with Crippen molar-refractivity contribution in [3.63, 3.8) is 0 Å². The van der Waals surface area contributed by atoms with Crippen molar-refractivity contribution in [2.75, 3.05) is 19.8 Å². The Kier molecular flexibility index (Phi) is 5.90. The SMILES string of the molecule is C[C@H](O)c1cc(Cl)ccc1OCCOCC(F)(F)F. The number of halogens is 4. The Hall–Kier alpha value is -0.980. The molecule has 1 rings (SSSR count). The Balaban J connectivity index is 2.45. The average molecular weight is 299 g/mol. The largest absolute Gasteiger partial charge is 0.491 e. The third-order valence-electron chi connectivity index (χ3n) is 2.17. The number of alkyl halides is 3. The molecule has 3 nitrogen and oxygen atoms in total. The van der Waals surface area contributed by atoms with Crippen molar-refractivity contribution < 1.29 is 27.8 Å². The Morgan fingerprint density at radius 3 is 2.58 bits per heavy atom. The van der Waals surface area contributed by atoms with Gasteiger partial charge >= 0.3 is 6.18 Å². The summed E-state index contributed by atoms with van der Waals surface area (Å²) in [6.45, 7) is -0.00225. The van der Waals surface area contributed by atoms with Crippen LogP contribution in [-0.4, -0.2) is 31.1 Å². The highest BCUT2D eigenvalue weighted by Gasteiger charge is 2.27. The molecule has 0 aliphatic carbocycles.